The van der Waals surface area contributed by atoms with Gasteiger partial charge in [-0.05, 0) is 55.7 Å². The third kappa shape index (κ3) is 3.97. The Morgan fingerprint density at radius 1 is 0.917 bits per heavy atom. The molecule has 2 aromatic rings. The topological polar surface area (TPSA) is 49.7 Å². The summed E-state index contributed by atoms with van der Waals surface area (Å²) < 4.78 is 29.5. The molecule has 6 heteroatoms. The van der Waals surface area contributed by atoms with Gasteiger partial charge in [0.15, 0.2) is 0 Å². The molecule has 1 saturated heterocycles. The van der Waals surface area contributed by atoms with E-state index in [1.807, 2.05) is 17.0 Å². The summed E-state index contributed by atoms with van der Waals surface area (Å²) in [6.45, 7) is 1.62. The molecule has 1 heterocycles. The molecule has 1 aliphatic rings. The number of sulfonamides is 1. The van der Waals surface area contributed by atoms with Crippen molar-refractivity contribution in [3.63, 3.8) is 0 Å². The van der Waals surface area contributed by atoms with E-state index in [-0.39, 0.29) is 4.90 Å². The second-order valence-corrected chi connectivity index (χ2v) is 7.80. The predicted molar refractivity (Wildman–Crippen MR) is 97.0 cm³/mol. The molecule has 1 aliphatic heterocycles. The van der Waals surface area contributed by atoms with Gasteiger partial charge in [0.2, 0.25) is 0 Å². The minimum atomic E-state index is -3.75. The van der Waals surface area contributed by atoms with Crippen LogP contribution in [0, 0.1) is 0 Å². The fraction of sp³-hybridized carbons (Fsp3) is 0.278. The van der Waals surface area contributed by atoms with Gasteiger partial charge in [-0.25, -0.2) is 0 Å². The van der Waals surface area contributed by atoms with Crippen molar-refractivity contribution >= 4 is 27.5 Å². The Balaban J connectivity index is 2.05. The highest BCUT2D eigenvalue weighted by Crippen LogP contribution is 2.19. The van der Waals surface area contributed by atoms with Gasteiger partial charge in [0.05, 0.1) is 4.90 Å². The summed E-state index contributed by atoms with van der Waals surface area (Å²) in [6, 6.07) is 15.5. The average molecular weight is 363 g/mol. The van der Waals surface area contributed by atoms with E-state index in [1.54, 1.807) is 42.5 Å². The van der Waals surface area contributed by atoms with Crippen molar-refractivity contribution in [2.24, 2.45) is 4.40 Å². The van der Waals surface area contributed by atoms with Gasteiger partial charge in [-0.15, -0.1) is 4.40 Å². The van der Waals surface area contributed by atoms with Crippen molar-refractivity contribution in [1.82, 2.24) is 4.90 Å². The van der Waals surface area contributed by atoms with Crippen molar-refractivity contribution in [2.75, 3.05) is 13.1 Å². The number of nitrogens with zero attached hydrogens (tertiary/aromatic N) is 2. The highest BCUT2D eigenvalue weighted by molar-refractivity contribution is 7.90. The van der Waals surface area contributed by atoms with Crippen molar-refractivity contribution in [1.29, 1.82) is 0 Å². The highest BCUT2D eigenvalue weighted by atomic mass is 35.5. The van der Waals surface area contributed by atoms with Crippen LogP contribution < -0.4 is 0 Å². The lowest BCUT2D eigenvalue weighted by molar-refractivity contribution is 0.343. The maximum atomic E-state index is 12.7. The van der Waals surface area contributed by atoms with Crippen LogP contribution in [0.1, 0.15) is 24.8 Å². The summed E-state index contributed by atoms with van der Waals surface area (Å²) >= 11 is 5.96. The van der Waals surface area contributed by atoms with Crippen LogP contribution in [0.4, 0.5) is 0 Å². The molecule has 0 aromatic heterocycles. The number of amidine groups is 1. The van der Waals surface area contributed by atoms with Gasteiger partial charge >= 0.3 is 0 Å². The Bertz CT molecular complexity index is 812. The van der Waals surface area contributed by atoms with Gasteiger partial charge in [0.1, 0.15) is 5.84 Å². The number of piperidine rings is 1. The lowest BCUT2D eigenvalue weighted by Gasteiger charge is -2.29. The molecule has 0 spiro atoms. The van der Waals surface area contributed by atoms with Crippen molar-refractivity contribution in [3.8, 4) is 0 Å². The van der Waals surface area contributed by atoms with Crippen molar-refractivity contribution < 1.29 is 8.42 Å². The van der Waals surface area contributed by atoms with Crippen molar-refractivity contribution in [2.45, 2.75) is 24.2 Å². The van der Waals surface area contributed by atoms with Gasteiger partial charge in [-0.3, -0.25) is 0 Å². The first-order valence-corrected chi connectivity index (χ1v) is 9.79. The third-order valence-corrected chi connectivity index (χ3v) is 5.54. The zero-order valence-electron chi connectivity index (χ0n) is 13.2. The molecule has 24 heavy (non-hydrogen) atoms. The van der Waals surface area contributed by atoms with E-state index >= 15 is 0 Å². The zero-order valence-corrected chi connectivity index (χ0v) is 14.8. The molecular formula is C18H19ClN2O2S. The first-order valence-electron chi connectivity index (χ1n) is 7.97. The van der Waals surface area contributed by atoms with Crippen LogP contribution in [0.25, 0.3) is 0 Å². The fourth-order valence-corrected chi connectivity index (χ4v) is 3.94. The van der Waals surface area contributed by atoms with E-state index in [0.29, 0.717) is 10.9 Å². The zero-order chi connectivity index (χ0) is 17.0. The van der Waals surface area contributed by atoms with E-state index in [9.17, 15) is 8.42 Å². The Labute approximate surface area is 147 Å². The van der Waals surface area contributed by atoms with Crippen LogP contribution in [-0.4, -0.2) is 32.2 Å². The maximum absolute atomic E-state index is 12.7. The minimum Gasteiger partial charge on any atom is -0.355 e. The largest absolute Gasteiger partial charge is 0.355 e. The van der Waals surface area contributed by atoms with Gasteiger partial charge in [-0.1, -0.05) is 29.8 Å². The van der Waals surface area contributed by atoms with Crippen LogP contribution in [0.15, 0.2) is 63.9 Å². The molecule has 2 aromatic carbocycles. The lowest BCUT2D eigenvalue weighted by atomic mass is 10.1. The van der Waals surface area contributed by atoms with Gasteiger partial charge in [0, 0.05) is 23.7 Å². The molecule has 0 bridgehead atoms. The number of benzene rings is 2. The Morgan fingerprint density at radius 3 is 2.17 bits per heavy atom. The van der Waals surface area contributed by atoms with Gasteiger partial charge in [-0.2, -0.15) is 8.42 Å². The Hall–Kier alpha value is -1.85. The summed E-state index contributed by atoms with van der Waals surface area (Å²) in [5.74, 6) is 0.496. The molecule has 0 radical (unpaired) electrons. The SMILES string of the molecule is O=S(=O)(N=C(c1ccc(Cl)cc1)N1CCCCC1)c1ccccc1. The molecule has 0 aliphatic carbocycles. The summed E-state index contributed by atoms with van der Waals surface area (Å²) in [5.41, 5.74) is 0.765. The van der Waals surface area contributed by atoms with Gasteiger partial charge < -0.3 is 4.90 Å². The Kier molecular flexibility index (Phi) is 5.21. The fourth-order valence-electron chi connectivity index (χ4n) is 2.76. The molecule has 126 valence electrons. The van der Waals surface area contributed by atoms with E-state index < -0.39 is 10.0 Å². The van der Waals surface area contributed by atoms with Crippen LogP contribution in [0.5, 0.6) is 0 Å². The third-order valence-electron chi connectivity index (χ3n) is 4.01. The molecule has 0 saturated carbocycles. The predicted octanol–water partition coefficient (Wildman–Crippen LogP) is 3.96. The number of halogens is 1. The number of hydrogen-bond acceptors (Lipinski definition) is 2. The Morgan fingerprint density at radius 2 is 1.54 bits per heavy atom. The average Bonchev–Trinajstić information content (AvgIpc) is 2.62. The highest BCUT2D eigenvalue weighted by Gasteiger charge is 2.21. The summed E-state index contributed by atoms with van der Waals surface area (Å²) in [5, 5.41) is 0.614. The van der Waals surface area contributed by atoms with E-state index in [4.69, 9.17) is 11.6 Å². The molecule has 4 nitrogen and oxygen atoms in total. The molecular weight excluding hydrogens is 344 g/mol. The van der Waals surface area contributed by atoms with Crippen LogP contribution in [0.2, 0.25) is 5.02 Å². The molecule has 0 unspecified atom stereocenters. The van der Waals surface area contributed by atoms with E-state index in [1.165, 1.54) is 0 Å². The smallest absolute Gasteiger partial charge is 0.284 e. The van der Waals surface area contributed by atoms with Crippen LogP contribution >= 0.6 is 11.6 Å². The quantitative estimate of drug-likeness (QED) is 0.613. The van der Waals surface area contributed by atoms with E-state index in [0.717, 1.165) is 37.9 Å². The number of rotatable bonds is 3. The monoisotopic (exact) mass is 362 g/mol. The first kappa shape index (κ1) is 17.0. The first-order chi connectivity index (χ1) is 11.6. The standard InChI is InChI=1S/C18H19ClN2O2S/c19-16-11-9-15(10-12-16)18(21-13-5-2-6-14-21)20-24(22,23)17-7-3-1-4-8-17/h1,3-4,7-12H,2,5-6,13-14H2. The van der Waals surface area contributed by atoms with E-state index in [2.05, 4.69) is 4.40 Å². The van der Waals surface area contributed by atoms with Crippen molar-refractivity contribution in [3.05, 3.63) is 65.2 Å². The molecule has 0 amide bonds. The number of hydrogen-bond donors (Lipinski definition) is 0. The molecule has 0 atom stereocenters. The normalized spacial score (nSPS) is 16.2. The van der Waals surface area contributed by atoms with Gasteiger partial charge in [0.25, 0.3) is 10.0 Å². The van der Waals surface area contributed by atoms with Crippen LogP contribution in [0.3, 0.4) is 0 Å². The molecule has 1 fully saturated rings. The van der Waals surface area contributed by atoms with Crippen LogP contribution in [-0.2, 0) is 10.0 Å². The summed E-state index contributed by atoms with van der Waals surface area (Å²) in [7, 11) is -3.75. The minimum absolute atomic E-state index is 0.202. The lowest BCUT2D eigenvalue weighted by Crippen LogP contribution is -2.36. The number of likely N-dealkylation sites (tertiary alicyclic amines) is 1. The second-order valence-electron chi connectivity index (χ2n) is 5.76. The molecule has 0 N–H and O–H groups in total. The summed E-state index contributed by atoms with van der Waals surface area (Å²) in [6.07, 6.45) is 3.24. The maximum Gasteiger partial charge on any atom is 0.284 e. The molecule has 3 rings (SSSR count). The summed E-state index contributed by atoms with van der Waals surface area (Å²) in [4.78, 5) is 2.25. The second kappa shape index (κ2) is 7.36.